The van der Waals surface area contributed by atoms with Crippen molar-refractivity contribution in [3.63, 3.8) is 0 Å². The number of ether oxygens (including phenoxy) is 1. The summed E-state index contributed by atoms with van der Waals surface area (Å²) < 4.78 is 73.5. The number of alkyl halides is 3. The van der Waals surface area contributed by atoms with Gasteiger partial charge in [-0.3, -0.25) is 0 Å². The summed E-state index contributed by atoms with van der Waals surface area (Å²) in [6.45, 7) is 1.85. The zero-order valence-electron chi connectivity index (χ0n) is 16.3. The van der Waals surface area contributed by atoms with Crippen molar-refractivity contribution in [2.45, 2.75) is 43.5 Å². The van der Waals surface area contributed by atoms with Crippen LogP contribution in [0.25, 0.3) is 0 Å². The van der Waals surface area contributed by atoms with Crippen molar-refractivity contribution < 1.29 is 26.3 Å². The van der Waals surface area contributed by atoms with E-state index in [1.807, 2.05) is 6.92 Å². The van der Waals surface area contributed by atoms with E-state index in [0.29, 0.717) is 11.1 Å². The van der Waals surface area contributed by atoms with Crippen molar-refractivity contribution in [1.82, 2.24) is 4.31 Å². The van der Waals surface area contributed by atoms with Gasteiger partial charge >= 0.3 is 6.18 Å². The number of methoxy groups -OCH3 is 1. The highest BCUT2D eigenvalue weighted by Gasteiger charge is 2.47. The zero-order chi connectivity index (χ0) is 21.2. The SMILES string of the molecule is COCc1ccccc1[C@H]1C[C@H](C(F)(F)F)CCN1S(=O)(=O)c1ccc(C)cc1. The van der Waals surface area contributed by atoms with Crippen LogP contribution in [-0.2, 0) is 21.4 Å². The van der Waals surface area contributed by atoms with Crippen molar-refractivity contribution in [2.75, 3.05) is 13.7 Å². The molecule has 8 heteroatoms. The lowest BCUT2D eigenvalue weighted by Crippen LogP contribution is -2.44. The largest absolute Gasteiger partial charge is 0.391 e. The minimum absolute atomic E-state index is 0.0859. The second-order valence-electron chi connectivity index (χ2n) is 7.34. The first-order chi connectivity index (χ1) is 13.6. The molecule has 3 rings (SSSR count). The Hall–Kier alpha value is -1.90. The molecule has 158 valence electrons. The van der Waals surface area contributed by atoms with Crippen LogP contribution in [0, 0.1) is 12.8 Å². The number of hydrogen-bond donors (Lipinski definition) is 0. The van der Waals surface area contributed by atoms with E-state index in [1.54, 1.807) is 36.4 Å². The minimum atomic E-state index is -4.37. The maximum absolute atomic E-state index is 13.5. The minimum Gasteiger partial charge on any atom is -0.380 e. The molecule has 2 atom stereocenters. The van der Waals surface area contributed by atoms with Crippen LogP contribution in [0.15, 0.2) is 53.4 Å². The highest BCUT2D eigenvalue weighted by molar-refractivity contribution is 7.89. The Morgan fingerprint density at radius 1 is 1.10 bits per heavy atom. The lowest BCUT2D eigenvalue weighted by molar-refractivity contribution is -0.187. The van der Waals surface area contributed by atoms with Crippen LogP contribution in [0.2, 0.25) is 0 Å². The van der Waals surface area contributed by atoms with Crippen LogP contribution in [0.1, 0.15) is 35.6 Å². The number of aryl methyl sites for hydroxylation is 1. The number of halogens is 3. The molecule has 0 saturated carbocycles. The molecule has 1 aliphatic heterocycles. The molecular weight excluding hydrogens is 403 g/mol. The maximum Gasteiger partial charge on any atom is 0.391 e. The lowest BCUT2D eigenvalue weighted by atomic mass is 9.86. The van der Waals surface area contributed by atoms with Crippen molar-refractivity contribution in [3.05, 3.63) is 65.2 Å². The quantitative estimate of drug-likeness (QED) is 0.686. The second kappa shape index (κ2) is 8.45. The monoisotopic (exact) mass is 427 g/mol. The van der Waals surface area contributed by atoms with Gasteiger partial charge in [0.25, 0.3) is 0 Å². The molecule has 0 bridgehead atoms. The Kier molecular flexibility index (Phi) is 6.36. The second-order valence-corrected chi connectivity index (χ2v) is 9.23. The van der Waals surface area contributed by atoms with E-state index in [-0.39, 0.29) is 30.9 Å². The lowest BCUT2D eigenvalue weighted by Gasteiger charge is -2.40. The van der Waals surface area contributed by atoms with Gasteiger partial charge in [0.2, 0.25) is 10.0 Å². The van der Waals surface area contributed by atoms with Gasteiger partial charge in [-0.25, -0.2) is 8.42 Å². The van der Waals surface area contributed by atoms with Gasteiger partial charge in [0, 0.05) is 13.7 Å². The van der Waals surface area contributed by atoms with Crippen molar-refractivity contribution >= 4 is 10.0 Å². The van der Waals surface area contributed by atoms with E-state index in [2.05, 4.69) is 0 Å². The highest BCUT2D eigenvalue weighted by atomic mass is 32.2. The predicted molar refractivity (Wildman–Crippen MR) is 104 cm³/mol. The van der Waals surface area contributed by atoms with E-state index in [9.17, 15) is 21.6 Å². The average molecular weight is 427 g/mol. The Labute approximate surface area is 169 Å². The molecule has 0 aliphatic carbocycles. The fourth-order valence-electron chi connectivity index (χ4n) is 3.80. The first-order valence-electron chi connectivity index (χ1n) is 9.36. The van der Waals surface area contributed by atoms with E-state index in [0.717, 1.165) is 5.56 Å². The van der Waals surface area contributed by atoms with Crippen LogP contribution in [-0.4, -0.2) is 32.6 Å². The summed E-state index contributed by atoms with van der Waals surface area (Å²) in [7, 11) is -2.45. The first-order valence-corrected chi connectivity index (χ1v) is 10.8. The Bertz CT molecular complexity index is 942. The molecule has 0 spiro atoms. The molecule has 0 aromatic heterocycles. The molecule has 29 heavy (non-hydrogen) atoms. The first kappa shape index (κ1) is 21.8. The standard InChI is InChI=1S/C21H24F3NO3S/c1-15-7-9-18(10-8-15)29(26,27)25-12-11-17(21(22,23)24)13-20(25)19-6-4-3-5-16(19)14-28-2/h3-10,17,20H,11-14H2,1-2H3/t17-,20-/m1/s1. The van der Waals surface area contributed by atoms with E-state index < -0.39 is 28.2 Å². The normalized spacial score (nSPS) is 21.3. The van der Waals surface area contributed by atoms with Gasteiger partial charge in [0.05, 0.1) is 23.5 Å². The predicted octanol–water partition coefficient (Wildman–Crippen LogP) is 4.85. The smallest absolute Gasteiger partial charge is 0.380 e. The summed E-state index contributed by atoms with van der Waals surface area (Å²) >= 11 is 0. The van der Waals surface area contributed by atoms with Gasteiger partial charge in [-0.2, -0.15) is 17.5 Å². The molecule has 1 fully saturated rings. The van der Waals surface area contributed by atoms with Gasteiger partial charge in [0.1, 0.15) is 0 Å². The maximum atomic E-state index is 13.5. The van der Waals surface area contributed by atoms with Crippen molar-refractivity contribution in [2.24, 2.45) is 5.92 Å². The summed E-state index contributed by atoms with van der Waals surface area (Å²) in [6, 6.07) is 12.4. The fraction of sp³-hybridized carbons (Fsp3) is 0.429. The van der Waals surface area contributed by atoms with Crippen molar-refractivity contribution in [3.8, 4) is 0 Å². The van der Waals surface area contributed by atoms with E-state index in [4.69, 9.17) is 4.74 Å². The van der Waals surface area contributed by atoms with E-state index >= 15 is 0 Å². The number of hydrogen-bond acceptors (Lipinski definition) is 3. The summed E-state index contributed by atoms with van der Waals surface area (Å²) in [5, 5.41) is 0. The van der Waals surface area contributed by atoms with Crippen molar-refractivity contribution in [1.29, 1.82) is 0 Å². The summed E-state index contributed by atoms with van der Waals surface area (Å²) in [5.41, 5.74) is 2.15. The number of benzene rings is 2. The molecule has 0 amide bonds. The Balaban J connectivity index is 2.06. The summed E-state index contributed by atoms with van der Waals surface area (Å²) in [4.78, 5) is 0.0859. The van der Waals surface area contributed by atoms with Crippen LogP contribution in [0.4, 0.5) is 13.2 Å². The molecule has 0 radical (unpaired) electrons. The molecule has 2 aromatic rings. The third kappa shape index (κ3) is 4.65. The Morgan fingerprint density at radius 2 is 1.76 bits per heavy atom. The van der Waals surface area contributed by atoms with Crippen LogP contribution in [0.3, 0.4) is 0 Å². The van der Waals surface area contributed by atoms with Crippen LogP contribution < -0.4 is 0 Å². The molecular formula is C21H24F3NO3S. The number of nitrogens with zero attached hydrogens (tertiary/aromatic N) is 1. The number of rotatable bonds is 5. The van der Waals surface area contributed by atoms with E-state index in [1.165, 1.54) is 23.5 Å². The van der Waals surface area contributed by atoms with Gasteiger partial charge < -0.3 is 4.74 Å². The summed E-state index contributed by atoms with van der Waals surface area (Å²) in [6.07, 6.45) is -4.93. The third-order valence-corrected chi connectivity index (χ3v) is 7.28. The third-order valence-electron chi connectivity index (χ3n) is 5.36. The molecule has 4 nitrogen and oxygen atoms in total. The fourth-order valence-corrected chi connectivity index (χ4v) is 5.43. The molecule has 1 heterocycles. The Morgan fingerprint density at radius 3 is 2.38 bits per heavy atom. The average Bonchev–Trinajstić information content (AvgIpc) is 2.68. The molecule has 0 N–H and O–H groups in total. The van der Waals surface area contributed by atoms with Crippen LogP contribution in [0.5, 0.6) is 0 Å². The summed E-state index contributed by atoms with van der Waals surface area (Å²) in [5.74, 6) is -1.55. The zero-order valence-corrected chi connectivity index (χ0v) is 17.1. The molecule has 2 aromatic carbocycles. The van der Waals surface area contributed by atoms with Gasteiger partial charge in [0.15, 0.2) is 0 Å². The number of sulfonamides is 1. The van der Waals surface area contributed by atoms with Gasteiger partial charge in [-0.1, -0.05) is 42.0 Å². The number of piperidine rings is 1. The highest BCUT2D eigenvalue weighted by Crippen LogP contribution is 2.44. The van der Waals surface area contributed by atoms with Crippen LogP contribution >= 0.6 is 0 Å². The van der Waals surface area contributed by atoms with Gasteiger partial charge in [-0.15, -0.1) is 0 Å². The molecule has 0 unspecified atom stereocenters. The molecule has 1 saturated heterocycles. The van der Waals surface area contributed by atoms with Gasteiger partial charge in [-0.05, 0) is 43.0 Å². The molecule has 1 aliphatic rings. The topological polar surface area (TPSA) is 46.6 Å².